The van der Waals surface area contributed by atoms with Crippen molar-refractivity contribution >= 4 is 51.6 Å². The number of ketones is 1. The highest BCUT2D eigenvalue weighted by atomic mass is 35.5. The molecule has 6 nitrogen and oxygen atoms in total. The van der Waals surface area contributed by atoms with E-state index < -0.39 is 17.7 Å². The average molecular weight is 535 g/mol. The van der Waals surface area contributed by atoms with Gasteiger partial charge in [0.2, 0.25) is 0 Å². The number of nitrogens with zero attached hydrogens (tertiary/aromatic N) is 1. The number of methoxy groups -OCH3 is 1. The second kappa shape index (κ2) is 9.96. The van der Waals surface area contributed by atoms with E-state index in [2.05, 4.69) is 4.98 Å². The number of benzene rings is 3. The van der Waals surface area contributed by atoms with Crippen molar-refractivity contribution in [2.45, 2.75) is 19.4 Å². The van der Waals surface area contributed by atoms with Crippen molar-refractivity contribution in [3.8, 4) is 5.75 Å². The Hall–Kier alpha value is -3.74. The lowest BCUT2D eigenvalue weighted by Gasteiger charge is -2.26. The molecule has 1 aliphatic heterocycles. The summed E-state index contributed by atoms with van der Waals surface area (Å²) < 4.78 is 5.36. The molecule has 8 heteroatoms. The number of halogens is 2. The first-order valence-electron chi connectivity index (χ1n) is 11.7. The number of hydrogen-bond acceptors (Lipinski definition) is 4. The van der Waals surface area contributed by atoms with Crippen molar-refractivity contribution in [2.24, 2.45) is 0 Å². The first kappa shape index (κ1) is 24.9. The lowest BCUT2D eigenvalue weighted by atomic mass is 9.95. The molecule has 0 aliphatic carbocycles. The van der Waals surface area contributed by atoms with Crippen molar-refractivity contribution in [3.05, 3.63) is 105 Å². The van der Waals surface area contributed by atoms with Gasteiger partial charge in [-0.05, 0) is 54.8 Å². The zero-order chi connectivity index (χ0) is 26.3. The van der Waals surface area contributed by atoms with Crippen LogP contribution in [-0.4, -0.2) is 40.3 Å². The van der Waals surface area contributed by atoms with Crippen molar-refractivity contribution in [1.82, 2.24) is 9.88 Å². The summed E-state index contributed by atoms with van der Waals surface area (Å²) in [5.74, 6) is -0.967. The van der Waals surface area contributed by atoms with Crippen molar-refractivity contribution < 1.29 is 19.4 Å². The highest BCUT2D eigenvalue weighted by Gasteiger charge is 2.46. The number of aliphatic hydroxyl groups excluding tert-OH is 1. The van der Waals surface area contributed by atoms with Gasteiger partial charge < -0.3 is 19.7 Å². The van der Waals surface area contributed by atoms with Crippen LogP contribution in [0.15, 0.2) is 72.4 Å². The molecule has 0 spiro atoms. The molecule has 2 heterocycles. The molecule has 0 saturated carbocycles. The van der Waals surface area contributed by atoms with Crippen LogP contribution in [0.1, 0.15) is 28.3 Å². The lowest BCUT2D eigenvalue weighted by Crippen LogP contribution is -2.31. The van der Waals surface area contributed by atoms with Gasteiger partial charge in [-0.3, -0.25) is 9.59 Å². The number of fused-ring (bicyclic) bond motifs is 1. The van der Waals surface area contributed by atoms with E-state index in [1.54, 1.807) is 37.4 Å². The van der Waals surface area contributed by atoms with Crippen LogP contribution in [0.3, 0.4) is 0 Å². The molecule has 4 aromatic rings. The van der Waals surface area contributed by atoms with E-state index in [1.807, 2.05) is 43.5 Å². The molecule has 0 unspecified atom stereocenters. The van der Waals surface area contributed by atoms with E-state index in [0.717, 1.165) is 27.8 Å². The molecule has 37 heavy (non-hydrogen) atoms. The van der Waals surface area contributed by atoms with Crippen molar-refractivity contribution in [2.75, 3.05) is 13.7 Å². The monoisotopic (exact) mass is 534 g/mol. The quantitative estimate of drug-likeness (QED) is 0.169. The van der Waals surface area contributed by atoms with Crippen molar-refractivity contribution in [1.29, 1.82) is 0 Å². The number of carbonyl (C=O) groups is 2. The first-order valence-corrected chi connectivity index (χ1v) is 12.5. The molecular weight excluding hydrogens is 511 g/mol. The molecule has 3 aromatic carbocycles. The van der Waals surface area contributed by atoms with Gasteiger partial charge in [0.15, 0.2) is 0 Å². The third-order valence-electron chi connectivity index (χ3n) is 6.72. The summed E-state index contributed by atoms with van der Waals surface area (Å²) in [6.45, 7) is 2.15. The Bertz CT molecular complexity index is 1560. The van der Waals surface area contributed by atoms with E-state index >= 15 is 0 Å². The van der Waals surface area contributed by atoms with Crippen molar-refractivity contribution in [3.63, 3.8) is 0 Å². The predicted molar refractivity (Wildman–Crippen MR) is 145 cm³/mol. The summed E-state index contributed by atoms with van der Waals surface area (Å²) in [5.41, 5.74) is 3.87. The minimum Gasteiger partial charge on any atom is -0.507 e. The molecule has 1 amide bonds. The summed E-state index contributed by atoms with van der Waals surface area (Å²) in [5, 5.41) is 12.9. The van der Waals surface area contributed by atoms with Gasteiger partial charge in [0, 0.05) is 39.3 Å². The highest BCUT2D eigenvalue weighted by molar-refractivity contribution is 6.47. The number of likely N-dealkylation sites (tertiary alicyclic amines) is 1. The number of aromatic nitrogens is 1. The van der Waals surface area contributed by atoms with Gasteiger partial charge in [0.1, 0.15) is 11.5 Å². The second-order valence-corrected chi connectivity index (χ2v) is 9.84. The van der Waals surface area contributed by atoms with Crippen LogP contribution < -0.4 is 4.74 Å². The molecule has 188 valence electrons. The molecule has 1 aromatic heterocycles. The van der Waals surface area contributed by atoms with Gasteiger partial charge in [0.05, 0.1) is 18.7 Å². The number of H-pyrrole nitrogens is 1. The van der Waals surface area contributed by atoms with Crippen LogP contribution in [0.2, 0.25) is 10.0 Å². The van der Waals surface area contributed by atoms with Crippen LogP contribution in [-0.2, 0) is 16.0 Å². The second-order valence-electron chi connectivity index (χ2n) is 9.00. The fourth-order valence-corrected chi connectivity index (χ4v) is 5.27. The number of carbonyl (C=O) groups excluding carboxylic acids is 2. The Morgan fingerprint density at radius 1 is 1.05 bits per heavy atom. The molecule has 1 fully saturated rings. The number of ether oxygens (including phenoxy) is 1. The Labute approximate surface area is 224 Å². The summed E-state index contributed by atoms with van der Waals surface area (Å²) in [6, 6.07) is 16.9. The van der Waals surface area contributed by atoms with E-state index in [9.17, 15) is 14.7 Å². The van der Waals surface area contributed by atoms with Gasteiger partial charge >= 0.3 is 0 Å². The third kappa shape index (κ3) is 4.59. The molecule has 1 saturated heterocycles. The smallest absolute Gasteiger partial charge is 0.295 e. The number of aromatic amines is 1. The fourth-order valence-electron chi connectivity index (χ4n) is 4.76. The molecule has 0 bridgehead atoms. The standard InChI is InChI=1S/C29H24Cl2N2O4/c1-16-3-5-17(6-4-16)27(34)25-26(21-9-7-19(30)13-23(21)31)33(29(36)28(25)35)12-11-18-15-32-24-10-8-20(37-2)14-22(18)24/h3-10,13-15,26,32,34H,11-12H2,1-2H3/t26-/m0/s1. The Balaban J connectivity index is 1.58. The number of hydrogen-bond donors (Lipinski definition) is 2. The van der Waals surface area contributed by atoms with Gasteiger partial charge in [0.25, 0.3) is 11.7 Å². The van der Waals surface area contributed by atoms with E-state index in [4.69, 9.17) is 27.9 Å². The van der Waals surface area contributed by atoms with Gasteiger partial charge in [-0.25, -0.2) is 0 Å². The number of aliphatic hydroxyl groups is 1. The highest BCUT2D eigenvalue weighted by Crippen LogP contribution is 2.42. The normalized spacial score (nSPS) is 17.1. The summed E-state index contributed by atoms with van der Waals surface area (Å²) >= 11 is 12.7. The Kier molecular flexibility index (Phi) is 6.71. The lowest BCUT2D eigenvalue weighted by molar-refractivity contribution is -0.139. The fraction of sp³-hybridized carbons (Fsp3) is 0.172. The maximum atomic E-state index is 13.3. The molecule has 0 radical (unpaired) electrons. The van der Waals surface area contributed by atoms with E-state index in [0.29, 0.717) is 27.6 Å². The molecule has 2 N–H and O–H groups in total. The zero-order valence-corrected chi connectivity index (χ0v) is 21.7. The average Bonchev–Trinajstić information content (AvgIpc) is 3.40. The summed E-state index contributed by atoms with van der Waals surface area (Å²) in [4.78, 5) is 31.3. The van der Waals surface area contributed by atoms with E-state index in [1.165, 1.54) is 4.90 Å². The molecule has 1 atom stereocenters. The predicted octanol–water partition coefficient (Wildman–Crippen LogP) is 6.46. The largest absolute Gasteiger partial charge is 0.507 e. The topological polar surface area (TPSA) is 82.6 Å². The maximum Gasteiger partial charge on any atom is 0.295 e. The Morgan fingerprint density at radius 3 is 2.51 bits per heavy atom. The van der Waals surface area contributed by atoms with Crippen LogP contribution >= 0.6 is 23.2 Å². The number of rotatable bonds is 6. The van der Waals surface area contributed by atoms with Crippen LogP contribution in [0, 0.1) is 6.92 Å². The van der Waals surface area contributed by atoms with Crippen LogP contribution in [0.25, 0.3) is 16.7 Å². The number of amides is 1. The Morgan fingerprint density at radius 2 is 1.81 bits per heavy atom. The maximum absolute atomic E-state index is 13.3. The third-order valence-corrected chi connectivity index (χ3v) is 7.28. The van der Waals surface area contributed by atoms with Gasteiger partial charge in [-0.15, -0.1) is 0 Å². The first-order chi connectivity index (χ1) is 17.8. The molecule has 5 rings (SSSR count). The molecular formula is C29H24Cl2N2O4. The van der Waals surface area contributed by atoms with Crippen LogP contribution in [0.4, 0.5) is 0 Å². The minimum atomic E-state index is -0.870. The van der Waals surface area contributed by atoms with Crippen LogP contribution in [0.5, 0.6) is 5.75 Å². The van der Waals surface area contributed by atoms with Gasteiger partial charge in [-0.2, -0.15) is 0 Å². The number of Topliss-reactive ketones (excluding diaryl/α,β-unsaturated/α-hetero) is 1. The number of nitrogens with one attached hydrogen (secondary N) is 1. The summed E-state index contributed by atoms with van der Waals surface area (Å²) in [7, 11) is 1.61. The minimum absolute atomic E-state index is 0.00123. The number of aryl methyl sites for hydroxylation is 1. The summed E-state index contributed by atoms with van der Waals surface area (Å²) in [6.07, 6.45) is 2.35. The molecule has 1 aliphatic rings. The van der Waals surface area contributed by atoms with E-state index in [-0.39, 0.29) is 17.9 Å². The zero-order valence-electron chi connectivity index (χ0n) is 20.2. The van der Waals surface area contributed by atoms with Gasteiger partial charge in [-0.1, -0.05) is 59.1 Å². The SMILES string of the molecule is COc1ccc2[nH]cc(CCN3C(=O)C(=O)C(=C(O)c4ccc(C)cc4)[C@@H]3c3ccc(Cl)cc3Cl)c2c1.